The predicted molar refractivity (Wildman–Crippen MR) is 118 cm³/mol. The Bertz CT molecular complexity index is 566. The fourth-order valence-electron chi connectivity index (χ4n) is 4.28. The van der Waals surface area contributed by atoms with Crippen LogP contribution in [0.25, 0.3) is 0 Å². The van der Waals surface area contributed by atoms with E-state index in [4.69, 9.17) is 9.47 Å². The van der Waals surface area contributed by atoms with Crippen molar-refractivity contribution in [3.8, 4) is 0 Å². The van der Waals surface area contributed by atoms with Crippen molar-refractivity contribution in [2.75, 3.05) is 26.0 Å². The molecule has 3 atom stereocenters. The van der Waals surface area contributed by atoms with E-state index in [1.54, 1.807) is 18.7 Å². The molecule has 1 saturated heterocycles. The first-order valence-electron chi connectivity index (χ1n) is 11.4. The van der Waals surface area contributed by atoms with Crippen LogP contribution in [-0.2, 0) is 23.9 Å². The number of esters is 2. The number of likely N-dealkylation sites (tertiary alicyclic amines) is 1. The summed E-state index contributed by atoms with van der Waals surface area (Å²) in [6.45, 7) is 4.38. The Hall–Kier alpha value is -1.28. The molecule has 0 spiro atoms. The fraction of sp³-hybridized carbons (Fsp3) is 0.864. The van der Waals surface area contributed by atoms with Gasteiger partial charge in [0.05, 0.1) is 19.8 Å². The number of thioether (sulfide) groups is 1. The van der Waals surface area contributed by atoms with Crippen molar-refractivity contribution in [3.05, 3.63) is 0 Å². The van der Waals surface area contributed by atoms with E-state index in [1.165, 1.54) is 52.1 Å². The third-order valence-electron chi connectivity index (χ3n) is 5.95. The van der Waals surface area contributed by atoms with Crippen LogP contribution in [-0.4, -0.2) is 72.1 Å². The molecule has 1 saturated carbocycles. The van der Waals surface area contributed by atoms with Crippen LogP contribution in [0.4, 0.5) is 0 Å². The zero-order chi connectivity index (χ0) is 21.9. The molecule has 1 N–H and O–H groups in total. The van der Waals surface area contributed by atoms with Crippen LogP contribution in [0.5, 0.6) is 0 Å². The van der Waals surface area contributed by atoms with E-state index in [0.717, 1.165) is 6.42 Å². The molecule has 0 aromatic carbocycles. The van der Waals surface area contributed by atoms with E-state index < -0.39 is 18.1 Å². The lowest BCUT2D eigenvalue weighted by Crippen LogP contribution is -2.54. The average Bonchev–Trinajstić information content (AvgIpc) is 3.20. The molecule has 1 aliphatic heterocycles. The van der Waals surface area contributed by atoms with Crippen molar-refractivity contribution < 1.29 is 23.9 Å². The van der Waals surface area contributed by atoms with E-state index in [-0.39, 0.29) is 17.8 Å². The van der Waals surface area contributed by atoms with Gasteiger partial charge in [-0.3, -0.25) is 14.9 Å². The van der Waals surface area contributed by atoms with E-state index in [1.807, 2.05) is 11.8 Å². The Balaban J connectivity index is 1.95. The topological polar surface area (TPSA) is 84.9 Å². The van der Waals surface area contributed by atoms with Gasteiger partial charge in [0.2, 0.25) is 5.91 Å². The molecule has 1 amide bonds. The summed E-state index contributed by atoms with van der Waals surface area (Å²) >= 11 is 1.81. The number of rotatable bonds is 9. The van der Waals surface area contributed by atoms with Gasteiger partial charge in [0.15, 0.2) is 0 Å². The first-order valence-corrected chi connectivity index (χ1v) is 12.4. The van der Waals surface area contributed by atoms with Gasteiger partial charge >= 0.3 is 11.9 Å². The summed E-state index contributed by atoms with van der Waals surface area (Å²) in [6, 6.07) is -1.65. The van der Waals surface area contributed by atoms with Gasteiger partial charge in [-0.2, -0.15) is 11.8 Å². The molecule has 0 aromatic rings. The number of ether oxygens (including phenoxy) is 2. The Kier molecular flexibility index (Phi) is 11.0. The summed E-state index contributed by atoms with van der Waals surface area (Å²) < 4.78 is 10.1. The minimum absolute atomic E-state index is 0.173. The monoisotopic (exact) mass is 442 g/mol. The molecule has 2 aliphatic rings. The van der Waals surface area contributed by atoms with Gasteiger partial charge in [-0.15, -0.1) is 0 Å². The van der Waals surface area contributed by atoms with Crippen LogP contribution in [0.2, 0.25) is 0 Å². The smallest absolute Gasteiger partial charge is 0.328 e. The lowest BCUT2D eigenvalue weighted by atomic mass is 10.0. The maximum atomic E-state index is 13.0. The Morgan fingerprint density at radius 2 is 1.73 bits per heavy atom. The minimum atomic E-state index is -0.581. The third kappa shape index (κ3) is 7.45. The van der Waals surface area contributed by atoms with Gasteiger partial charge in [-0.25, -0.2) is 4.79 Å². The highest BCUT2D eigenvalue weighted by molar-refractivity contribution is 7.99. The number of carbonyl (C=O) groups excluding carboxylic acids is 3. The van der Waals surface area contributed by atoms with Crippen molar-refractivity contribution in [2.24, 2.45) is 0 Å². The molecular weight excluding hydrogens is 404 g/mol. The molecule has 2 fully saturated rings. The Morgan fingerprint density at radius 3 is 2.37 bits per heavy atom. The number of nitrogens with one attached hydrogen (secondary N) is 1. The molecule has 7 nitrogen and oxygen atoms in total. The summed E-state index contributed by atoms with van der Waals surface area (Å²) in [7, 11) is 1.34. The van der Waals surface area contributed by atoms with Crippen LogP contribution in [0.15, 0.2) is 0 Å². The van der Waals surface area contributed by atoms with Crippen LogP contribution in [0.1, 0.15) is 71.6 Å². The minimum Gasteiger partial charge on any atom is -0.467 e. The fourth-order valence-corrected chi connectivity index (χ4v) is 5.64. The van der Waals surface area contributed by atoms with Crippen LogP contribution in [0.3, 0.4) is 0 Å². The highest BCUT2D eigenvalue weighted by atomic mass is 32.2. The molecular formula is C22H38N2O5S. The summed E-state index contributed by atoms with van der Waals surface area (Å²) in [4.78, 5) is 39.1. The number of nitrogens with zero attached hydrogens (tertiary/aromatic N) is 1. The maximum Gasteiger partial charge on any atom is 0.328 e. The molecule has 2 rings (SSSR count). The summed E-state index contributed by atoms with van der Waals surface area (Å²) in [5.74, 6) is -0.286. The van der Waals surface area contributed by atoms with Crippen molar-refractivity contribution in [2.45, 2.75) is 95.0 Å². The van der Waals surface area contributed by atoms with Gasteiger partial charge in [-0.05, 0) is 39.5 Å². The second-order valence-corrected chi connectivity index (χ2v) is 9.54. The Morgan fingerprint density at radius 1 is 1.07 bits per heavy atom. The quantitative estimate of drug-likeness (QED) is 0.550. The lowest BCUT2D eigenvalue weighted by Gasteiger charge is -2.29. The zero-order valence-corrected chi connectivity index (χ0v) is 19.5. The first kappa shape index (κ1) is 25.0. The molecule has 0 aromatic heterocycles. The van der Waals surface area contributed by atoms with E-state index in [0.29, 0.717) is 30.6 Å². The molecule has 0 bridgehead atoms. The van der Waals surface area contributed by atoms with E-state index in [2.05, 4.69) is 5.32 Å². The van der Waals surface area contributed by atoms with E-state index >= 15 is 0 Å². The summed E-state index contributed by atoms with van der Waals surface area (Å²) in [5.41, 5.74) is 0. The summed E-state index contributed by atoms with van der Waals surface area (Å²) in [6.07, 6.45) is 10.2. The van der Waals surface area contributed by atoms with Crippen molar-refractivity contribution in [3.63, 3.8) is 0 Å². The van der Waals surface area contributed by atoms with Crippen molar-refractivity contribution in [1.29, 1.82) is 0 Å². The second-order valence-electron chi connectivity index (χ2n) is 8.21. The van der Waals surface area contributed by atoms with Crippen molar-refractivity contribution >= 4 is 29.6 Å². The normalized spacial score (nSPS) is 22.6. The van der Waals surface area contributed by atoms with Gasteiger partial charge in [0.25, 0.3) is 0 Å². The first-order chi connectivity index (χ1) is 14.5. The summed E-state index contributed by atoms with van der Waals surface area (Å²) in [5, 5.41) is 3.74. The lowest BCUT2D eigenvalue weighted by molar-refractivity contribution is -0.152. The number of hydrogen-bond acceptors (Lipinski definition) is 7. The molecule has 1 heterocycles. The molecule has 1 unspecified atom stereocenters. The average molecular weight is 443 g/mol. The SMILES string of the molecule is CCOC(=O)[C@H](CSC1CCCCCCC1)NC(C)C(=O)N1CCC[C@H]1C(=O)OC. The largest absolute Gasteiger partial charge is 0.467 e. The van der Waals surface area contributed by atoms with Gasteiger partial charge < -0.3 is 14.4 Å². The number of carbonyl (C=O) groups is 3. The predicted octanol–water partition coefficient (Wildman–Crippen LogP) is 2.91. The third-order valence-corrected chi connectivity index (χ3v) is 7.42. The van der Waals surface area contributed by atoms with Crippen LogP contribution >= 0.6 is 11.8 Å². The molecule has 1 aliphatic carbocycles. The van der Waals surface area contributed by atoms with E-state index in [9.17, 15) is 14.4 Å². The standard InChI is InChI=1S/C22H38N2O5S/c1-4-29-21(26)18(15-30-17-11-8-6-5-7-9-12-17)23-16(2)20(25)24-14-10-13-19(24)22(27)28-3/h16-19,23H,4-15H2,1-3H3/t16?,18-,19-/m0/s1. The number of methoxy groups -OCH3 is 1. The highest BCUT2D eigenvalue weighted by Crippen LogP contribution is 2.27. The van der Waals surface area contributed by atoms with Crippen molar-refractivity contribution in [1.82, 2.24) is 10.2 Å². The molecule has 8 heteroatoms. The number of amides is 1. The molecule has 172 valence electrons. The Labute approximate surface area is 185 Å². The van der Waals surface area contributed by atoms with Gasteiger partial charge in [0, 0.05) is 17.5 Å². The molecule has 0 radical (unpaired) electrons. The molecule has 30 heavy (non-hydrogen) atoms. The maximum absolute atomic E-state index is 13.0. The zero-order valence-electron chi connectivity index (χ0n) is 18.7. The van der Waals surface area contributed by atoms with Gasteiger partial charge in [0.1, 0.15) is 12.1 Å². The highest BCUT2D eigenvalue weighted by Gasteiger charge is 2.37. The second kappa shape index (κ2) is 13.2. The van der Waals surface area contributed by atoms with Crippen LogP contribution in [0, 0.1) is 0 Å². The van der Waals surface area contributed by atoms with Crippen LogP contribution < -0.4 is 5.32 Å². The number of hydrogen-bond donors (Lipinski definition) is 1. The van der Waals surface area contributed by atoms with Gasteiger partial charge in [-0.1, -0.05) is 32.1 Å².